The maximum Gasteiger partial charge on any atom is 0.305 e. The van der Waals surface area contributed by atoms with Gasteiger partial charge in [-0.2, -0.15) is 0 Å². The molecule has 0 unspecified atom stereocenters. The Morgan fingerprint density at radius 1 is 0.833 bits per heavy atom. The normalized spacial score (nSPS) is 10.4. The minimum atomic E-state index is -0.284. The summed E-state index contributed by atoms with van der Waals surface area (Å²) < 4.78 is 26.8. The first-order valence-corrected chi connectivity index (χ1v) is 7.46. The number of esters is 1. The number of carbonyl (C=O) groups excluding carboxylic acids is 1. The molecule has 0 aliphatic heterocycles. The van der Waals surface area contributed by atoms with E-state index in [4.69, 9.17) is 23.7 Å². The van der Waals surface area contributed by atoms with E-state index >= 15 is 0 Å². The standard InChI is InChI=1S/C18H22O6/c1-20-12-7-8-13(21-2)17-16(12)14(22-3)10-11(18(17)24-5)6-9-15(19)23-4/h7-8,10H,6,9H2,1-5H3. The highest BCUT2D eigenvalue weighted by Crippen LogP contribution is 2.46. The van der Waals surface area contributed by atoms with Crippen LogP contribution >= 0.6 is 0 Å². The molecule has 6 nitrogen and oxygen atoms in total. The number of hydrogen-bond acceptors (Lipinski definition) is 6. The molecule has 130 valence electrons. The highest BCUT2D eigenvalue weighted by atomic mass is 16.5. The van der Waals surface area contributed by atoms with Crippen molar-refractivity contribution < 1.29 is 28.5 Å². The Kier molecular flexibility index (Phi) is 5.73. The molecular weight excluding hydrogens is 312 g/mol. The Hall–Kier alpha value is -2.63. The van der Waals surface area contributed by atoms with Crippen LogP contribution in [0.5, 0.6) is 23.0 Å². The molecule has 0 radical (unpaired) electrons. The van der Waals surface area contributed by atoms with Crippen molar-refractivity contribution in [2.75, 3.05) is 35.5 Å². The quantitative estimate of drug-likeness (QED) is 0.726. The molecule has 0 aliphatic rings. The Bertz CT molecular complexity index is 738. The van der Waals surface area contributed by atoms with Gasteiger partial charge < -0.3 is 23.7 Å². The molecule has 0 saturated carbocycles. The number of carbonyl (C=O) groups is 1. The van der Waals surface area contributed by atoms with E-state index in [1.54, 1.807) is 28.4 Å². The molecule has 0 saturated heterocycles. The maximum absolute atomic E-state index is 11.5. The van der Waals surface area contributed by atoms with Gasteiger partial charge in [-0.25, -0.2) is 0 Å². The minimum absolute atomic E-state index is 0.244. The van der Waals surface area contributed by atoms with Crippen LogP contribution in [0.2, 0.25) is 0 Å². The van der Waals surface area contributed by atoms with Crippen LogP contribution in [0.15, 0.2) is 18.2 Å². The monoisotopic (exact) mass is 334 g/mol. The van der Waals surface area contributed by atoms with Crippen LogP contribution in [-0.4, -0.2) is 41.5 Å². The number of benzene rings is 2. The van der Waals surface area contributed by atoms with E-state index in [-0.39, 0.29) is 12.4 Å². The van der Waals surface area contributed by atoms with E-state index in [9.17, 15) is 4.79 Å². The van der Waals surface area contributed by atoms with Crippen molar-refractivity contribution in [3.8, 4) is 23.0 Å². The molecule has 0 bridgehead atoms. The average Bonchev–Trinajstić information content (AvgIpc) is 2.63. The van der Waals surface area contributed by atoms with E-state index in [0.29, 0.717) is 29.4 Å². The Morgan fingerprint density at radius 2 is 1.42 bits per heavy atom. The summed E-state index contributed by atoms with van der Waals surface area (Å²) in [6.45, 7) is 0. The van der Waals surface area contributed by atoms with Gasteiger partial charge in [-0.15, -0.1) is 0 Å². The predicted octanol–water partition coefficient (Wildman–Crippen LogP) is 2.98. The fourth-order valence-corrected chi connectivity index (χ4v) is 2.75. The highest BCUT2D eigenvalue weighted by molar-refractivity contribution is 6.03. The van der Waals surface area contributed by atoms with Gasteiger partial charge >= 0.3 is 5.97 Å². The summed E-state index contributed by atoms with van der Waals surface area (Å²) in [4.78, 5) is 11.5. The largest absolute Gasteiger partial charge is 0.496 e. The third kappa shape index (κ3) is 3.18. The SMILES string of the molecule is COC(=O)CCc1cc(OC)c2c(OC)ccc(OC)c2c1OC. The second-order valence-electron chi connectivity index (χ2n) is 5.07. The fourth-order valence-electron chi connectivity index (χ4n) is 2.75. The van der Waals surface area contributed by atoms with Gasteiger partial charge in [-0.1, -0.05) is 0 Å². The zero-order chi connectivity index (χ0) is 17.7. The van der Waals surface area contributed by atoms with Gasteiger partial charge in [0.2, 0.25) is 0 Å². The van der Waals surface area contributed by atoms with Crippen LogP contribution in [0.25, 0.3) is 10.8 Å². The first-order chi connectivity index (χ1) is 11.6. The van der Waals surface area contributed by atoms with Gasteiger partial charge in [0.05, 0.1) is 46.3 Å². The number of rotatable bonds is 7. The van der Waals surface area contributed by atoms with Crippen LogP contribution in [0.3, 0.4) is 0 Å². The summed E-state index contributed by atoms with van der Waals surface area (Å²) >= 11 is 0. The third-order valence-corrected chi connectivity index (χ3v) is 3.89. The van der Waals surface area contributed by atoms with Crippen molar-refractivity contribution in [1.82, 2.24) is 0 Å². The topological polar surface area (TPSA) is 63.2 Å². The van der Waals surface area contributed by atoms with E-state index in [0.717, 1.165) is 16.3 Å². The average molecular weight is 334 g/mol. The smallest absolute Gasteiger partial charge is 0.305 e. The summed E-state index contributed by atoms with van der Waals surface area (Å²) in [5.41, 5.74) is 0.832. The van der Waals surface area contributed by atoms with Gasteiger partial charge in [0.15, 0.2) is 0 Å². The van der Waals surface area contributed by atoms with Crippen molar-refractivity contribution in [3.05, 3.63) is 23.8 Å². The molecule has 2 rings (SSSR count). The van der Waals surface area contributed by atoms with Gasteiger partial charge in [-0.3, -0.25) is 4.79 Å². The van der Waals surface area contributed by atoms with Crippen LogP contribution in [-0.2, 0) is 16.0 Å². The van der Waals surface area contributed by atoms with E-state index in [1.807, 2.05) is 18.2 Å². The molecule has 0 atom stereocenters. The van der Waals surface area contributed by atoms with Crippen molar-refractivity contribution in [3.63, 3.8) is 0 Å². The molecule has 0 spiro atoms. The molecule has 0 heterocycles. The van der Waals surface area contributed by atoms with Crippen molar-refractivity contribution >= 4 is 16.7 Å². The van der Waals surface area contributed by atoms with E-state index < -0.39 is 0 Å². The van der Waals surface area contributed by atoms with Gasteiger partial charge in [0, 0.05) is 6.42 Å². The van der Waals surface area contributed by atoms with Gasteiger partial charge in [-0.05, 0) is 30.2 Å². The molecule has 2 aromatic rings. The Balaban J connectivity index is 2.74. The predicted molar refractivity (Wildman–Crippen MR) is 90.5 cm³/mol. The summed E-state index contributed by atoms with van der Waals surface area (Å²) in [5.74, 6) is 2.27. The van der Waals surface area contributed by atoms with Crippen LogP contribution in [0, 0.1) is 0 Å². The summed E-state index contributed by atoms with van der Waals surface area (Å²) in [7, 11) is 7.73. The Labute approximate surface area is 141 Å². The zero-order valence-electron chi connectivity index (χ0n) is 14.6. The van der Waals surface area contributed by atoms with E-state index in [2.05, 4.69) is 0 Å². The fraction of sp³-hybridized carbons (Fsp3) is 0.389. The number of aryl methyl sites for hydroxylation is 1. The zero-order valence-corrected chi connectivity index (χ0v) is 14.6. The van der Waals surface area contributed by atoms with Gasteiger partial charge in [0.25, 0.3) is 0 Å². The van der Waals surface area contributed by atoms with Crippen molar-refractivity contribution in [2.45, 2.75) is 12.8 Å². The molecule has 6 heteroatoms. The number of methoxy groups -OCH3 is 5. The summed E-state index contributed by atoms with van der Waals surface area (Å²) in [6, 6.07) is 5.48. The number of ether oxygens (including phenoxy) is 5. The van der Waals surface area contributed by atoms with E-state index in [1.165, 1.54) is 7.11 Å². The minimum Gasteiger partial charge on any atom is -0.496 e. The second kappa shape index (κ2) is 7.77. The summed E-state index contributed by atoms with van der Waals surface area (Å²) in [5, 5.41) is 1.51. The lowest BCUT2D eigenvalue weighted by Gasteiger charge is -2.18. The molecular formula is C18H22O6. The lowest BCUT2D eigenvalue weighted by molar-refractivity contribution is -0.140. The second-order valence-corrected chi connectivity index (χ2v) is 5.07. The Morgan fingerprint density at radius 3 is 1.92 bits per heavy atom. The molecule has 24 heavy (non-hydrogen) atoms. The molecule has 0 aliphatic carbocycles. The number of fused-ring (bicyclic) bond motifs is 1. The van der Waals surface area contributed by atoms with Crippen molar-refractivity contribution in [2.24, 2.45) is 0 Å². The highest BCUT2D eigenvalue weighted by Gasteiger charge is 2.21. The molecule has 0 N–H and O–H groups in total. The lowest BCUT2D eigenvalue weighted by Crippen LogP contribution is -2.04. The number of hydrogen-bond donors (Lipinski definition) is 0. The van der Waals surface area contributed by atoms with Gasteiger partial charge in [0.1, 0.15) is 23.0 Å². The molecule has 0 amide bonds. The molecule has 2 aromatic carbocycles. The molecule has 0 fully saturated rings. The third-order valence-electron chi connectivity index (χ3n) is 3.89. The van der Waals surface area contributed by atoms with Crippen LogP contribution in [0.1, 0.15) is 12.0 Å². The lowest BCUT2D eigenvalue weighted by atomic mass is 9.99. The van der Waals surface area contributed by atoms with Crippen molar-refractivity contribution in [1.29, 1.82) is 0 Å². The van der Waals surface area contributed by atoms with Crippen LogP contribution < -0.4 is 18.9 Å². The maximum atomic E-state index is 11.5. The first kappa shape index (κ1) is 17.7. The van der Waals surface area contributed by atoms with Crippen LogP contribution in [0.4, 0.5) is 0 Å². The first-order valence-electron chi connectivity index (χ1n) is 7.46. The molecule has 0 aromatic heterocycles. The summed E-state index contributed by atoms with van der Waals surface area (Å²) in [6.07, 6.45) is 0.705.